The Kier molecular flexibility index (Phi) is 4.62. The third kappa shape index (κ3) is 3.05. The monoisotopic (exact) mass is 423 g/mol. The molecule has 0 saturated carbocycles. The van der Waals surface area contributed by atoms with E-state index in [9.17, 15) is 9.59 Å². The number of hydrogen-bond donors (Lipinski definition) is 1. The number of benzene rings is 1. The van der Waals surface area contributed by atoms with Gasteiger partial charge in [-0.1, -0.05) is 36.4 Å². The summed E-state index contributed by atoms with van der Waals surface area (Å²) in [6, 6.07) is 9.20. The number of amides is 2. The van der Waals surface area contributed by atoms with E-state index in [4.69, 9.17) is 14.0 Å². The molecule has 2 aromatic rings. The average Bonchev–Trinajstić information content (AvgIpc) is 3.53. The molecular formula is C23H25N3O5. The Morgan fingerprint density at radius 3 is 2.81 bits per heavy atom. The molecule has 162 valence electrons. The van der Waals surface area contributed by atoms with Gasteiger partial charge in [0.1, 0.15) is 17.1 Å². The highest BCUT2D eigenvalue weighted by Crippen LogP contribution is 2.52. The normalized spacial score (nSPS) is 29.3. The van der Waals surface area contributed by atoms with Crippen molar-refractivity contribution >= 4 is 17.6 Å². The highest BCUT2D eigenvalue weighted by Gasteiger charge is 2.67. The van der Waals surface area contributed by atoms with Gasteiger partial charge in [0.2, 0.25) is 11.8 Å². The van der Waals surface area contributed by atoms with Crippen LogP contribution in [0, 0.1) is 18.8 Å². The molecule has 2 saturated heterocycles. The fourth-order valence-electron chi connectivity index (χ4n) is 5.00. The maximum absolute atomic E-state index is 13.4. The van der Waals surface area contributed by atoms with Crippen LogP contribution in [0.2, 0.25) is 0 Å². The number of anilines is 1. The quantitative estimate of drug-likeness (QED) is 0.718. The highest BCUT2D eigenvalue weighted by molar-refractivity contribution is 6.02. The summed E-state index contributed by atoms with van der Waals surface area (Å²) in [6.07, 6.45) is 4.15. The van der Waals surface area contributed by atoms with Gasteiger partial charge >= 0.3 is 0 Å². The molecule has 3 aliphatic rings. The number of rotatable bonds is 6. The number of aromatic nitrogens is 1. The van der Waals surface area contributed by atoms with E-state index in [1.54, 1.807) is 25.0 Å². The number of fused-ring (bicyclic) bond motifs is 1. The fraction of sp³-hybridized carbons (Fsp3) is 0.435. The summed E-state index contributed by atoms with van der Waals surface area (Å²) < 4.78 is 16.5. The van der Waals surface area contributed by atoms with E-state index in [1.165, 1.54) is 0 Å². The number of methoxy groups -OCH3 is 1. The molecule has 1 N–H and O–H groups in total. The van der Waals surface area contributed by atoms with Crippen LogP contribution >= 0.6 is 0 Å². The van der Waals surface area contributed by atoms with E-state index in [0.717, 1.165) is 17.7 Å². The Morgan fingerprint density at radius 2 is 2.16 bits per heavy atom. The van der Waals surface area contributed by atoms with Crippen LogP contribution in [0.4, 0.5) is 5.82 Å². The first-order valence-electron chi connectivity index (χ1n) is 10.5. The van der Waals surface area contributed by atoms with Crippen LogP contribution in [0.5, 0.6) is 5.75 Å². The Bertz CT molecular complexity index is 1050. The van der Waals surface area contributed by atoms with Crippen molar-refractivity contribution in [2.24, 2.45) is 11.8 Å². The number of aryl methyl sites for hydroxylation is 1. The van der Waals surface area contributed by atoms with Crippen molar-refractivity contribution < 1.29 is 23.6 Å². The molecule has 3 aliphatic heterocycles. The molecule has 4 heterocycles. The Morgan fingerprint density at radius 1 is 1.39 bits per heavy atom. The molecule has 1 spiro atoms. The Labute approximate surface area is 180 Å². The van der Waals surface area contributed by atoms with Crippen LogP contribution in [0.15, 0.2) is 47.0 Å². The zero-order valence-corrected chi connectivity index (χ0v) is 17.7. The smallest absolute Gasteiger partial charge is 0.235 e. The Balaban J connectivity index is 1.38. The van der Waals surface area contributed by atoms with Crippen LogP contribution in [-0.2, 0) is 14.3 Å². The maximum Gasteiger partial charge on any atom is 0.235 e. The molecule has 0 aliphatic carbocycles. The molecule has 0 radical (unpaired) electrons. The van der Waals surface area contributed by atoms with E-state index in [2.05, 4.69) is 10.5 Å². The van der Waals surface area contributed by atoms with E-state index in [0.29, 0.717) is 18.1 Å². The number of nitrogens with zero attached hydrogens (tertiary/aromatic N) is 2. The van der Waals surface area contributed by atoms with Crippen LogP contribution < -0.4 is 15.0 Å². The number of ether oxygens (including phenoxy) is 2. The van der Waals surface area contributed by atoms with E-state index in [-0.39, 0.29) is 17.9 Å². The fourth-order valence-corrected chi connectivity index (χ4v) is 5.00. The van der Waals surface area contributed by atoms with Crippen molar-refractivity contribution in [3.63, 3.8) is 0 Å². The van der Waals surface area contributed by atoms with Gasteiger partial charge < -0.3 is 19.3 Å². The lowest BCUT2D eigenvalue weighted by Crippen LogP contribution is -2.45. The largest absolute Gasteiger partial charge is 0.497 e. The summed E-state index contributed by atoms with van der Waals surface area (Å²) in [5.74, 6) is 0.357. The van der Waals surface area contributed by atoms with Gasteiger partial charge in [0.05, 0.1) is 37.6 Å². The van der Waals surface area contributed by atoms with Gasteiger partial charge in [-0.15, -0.1) is 0 Å². The van der Waals surface area contributed by atoms with Gasteiger partial charge in [-0.3, -0.25) is 14.5 Å². The summed E-state index contributed by atoms with van der Waals surface area (Å²) in [5.41, 5.74) is 0.196. The van der Waals surface area contributed by atoms with Gasteiger partial charge in [-0.25, -0.2) is 0 Å². The van der Waals surface area contributed by atoms with Crippen LogP contribution in [0.1, 0.15) is 30.7 Å². The second-order valence-corrected chi connectivity index (χ2v) is 8.36. The number of carbonyl (C=O) groups is 2. The molecule has 2 fully saturated rings. The second-order valence-electron chi connectivity index (χ2n) is 8.36. The number of carbonyl (C=O) groups excluding carboxylic acids is 2. The molecule has 8 heteroatoms. The molecule has 2 bridgehead atoms. The molecule has 31 heavy (non-hydrogen) atoms. The first-order valence-corrected chi connectivity index (χ1v) is 10.5. The van der Waals surface area contributed by atoms with Crippen molar-refractivity contribution in [3.8, 4) is 5.75 Å². The van der Waals surface area contributed by atoms with E-state index >= 15 is 0 Å². The van der Waals surface area contributed by atoms with Crippen LogP contribution in [-0.4, -0.2) is 42.3 Å². The molecule has 1 aromatic carbocycles. The summed E-state index contributed by atoms with van der Waals surface area (Å²) in [4.78, 5) is 28.3. The molecular weight excluding hydrogens is 398 g/mol. The maximum atomic E-state index is 13.4. The minimum Gasteiger partial charge on any atom is -0.497 e. The predicted octanol–water partition coefficient (Wildman–Crippen LogP) is 2.55. The lowest BCUT2D eigenvalue weighted by molar-refractivity contribution is -0.132. The van der Waals surface area contributed by atoms with Gasteiger partial charge in [0.25, 0.3) is 0 Å². The minimum absolute atomic E-state index is 0.155. The molecule has 5 rings (SSSR count). The highest BCUT2D eigenvalue weighted by atomic mass is 16.5. The predicted molar refractivity (Wildman–Crippen MR) is 111 cm³/mol. The van der Waals surface area contributed by atoms with Crippen molar-refractivity contribution in [2.75, 3.05) is 18.6 Å². The summed E-state index contributed by atoms with van der Waals surface area (Å²) >= 11 is 0. The zero-order valence-electron chi connectivity index (χ0n) is 17.7. The molecule has 5 atom stereocenters. The lowest BCUT2D eigenvalue weighted by Gasteiger charge is -2.26. The van der Waals surface area contributed by atoms with Gasteiger partial charge in [0, 0.05) is 6.07 Å². The van der Waals surface area contributed by atoms with Crippen LogP contribution in [0.3, 0.4) is 0 Å². The third-order valence-electron chi connectivity index (χ3n) is 6.54. The topological polar surface area (TPSA) is 93.9 Å². The minimum atomic E-state index is -0.793. The van der Waals surface area contributed by atoms with Crippen molar-refractivity contribution in [1.29, 1.82) is 0 Å². The molecule has 2 amide bonds. The van der Waals surface area contributed by atoms with E-state index < -0.39 is 23.5 Å². The number of nitrogens with one attached hydrogen (secondary N) is 1. The summed E-state index contributed by atoms with van der Waals surface area (Å²) in [6.45, 7) is 4.12. The summed E-state index contributed by atoms with van der Waals surface area (Å²) in [5, 5.41) is 7.12. The molecule has 8 nitrogen and oxygen atoms in total. The van der Waals surface area contributed by atoms with Gasteiger partial charge in [0.15, 0.2) is 5.82 Å². The van der Waals surface area contributed by atoms with Gasteiger partial charge in [-0.05, 0) is 31.0 Å². The third-order valence-corrected chi connectivity index (χ3v) is 6.54. The molecule has 1 aromatic heterocycles. The van der Waals surface area contributed by atoms with Crippen LogP contribution in [0.25, 0.3) is 0 Å². The number of hydrogen-bond acceptors (Lipinski definition) is 6. The zero-order chi connectivity index (χ0) is 21.8. The second kappa shape index (κ2) is 7.23. The van der Waals surface area contributed by atoms with Gasteiger partial charge in [-0.2, -0.15) is 0 Å². The standard InChI is InChI=1S/C23H25N3O5/c1-4-16(14-5-7-15(29-3)8-6-14)24-21(27)19-17-9-10-23(30-17)12-26(22(28)20(19)23)18-11-13(2)31-25-18/h5-11,16-17,19-20H,4,12H2,1-3H3,(H,24,27)/t16-,17+,19+,20-,23-/m0/s1. The van der Waals surface area contributed by atoms with Crippen molar-refractivity contribution in [1.82, 2.24) is 10.5 Å². The molecule has 0 unspecified atom stereocenters. The van der Waals surface area contributed by atoms with E-state index in [1.807, 2.05) is 43.3 Å². The SMILES string of the molecule is CC[C@H](NC(=O)[C@H]1[C@H]2C(=O)N(c3cc(C)on3)C[C@@]23C=C[C@H]1O3)c1ccc(OC)cc1. The van der Waals surface area contributed by atoms with Crippen molar-refractivity contribution in [3.05, 3.63) is 53.8 Å². The first kappa shape index (κ1) is 19.8. The van der Waals surface area contributed by atoms with Crippen molar-refractivity contribution in [2.45, 2.75) is 38.0 Å². The first-order chi connectivity index (χ1) is 15.0. The average molecular weight is 423 g/mol. The summed E-state index contributed by atoms with van der Waals surface area (Å²) in [7, 11) is 1.62. The lowest BCUT2D eigenvalue weighted by atomic mass is 9.76. The Hall–Kier alpha value is -3.13.